The first kappa shape index (κ1) is 22.9. The van der Waals surface area contributed by atoms with E-state index in [1.807, 2.05) is 65.2 Å². The molecule has 3 heterocycles. The maximum atomic E-state index is 12.6. The van der Waals surface area contributed by atoms with E-state index >= 15 is 0 Å². The lowest BCUT2D eigenvalue weighted by Gasteiger charge is -2.26. The summed E-state index contributed by atoms with van der Waals surface area (Å²) in [7, 11) is 1.62. The fourth-order valence-electron chi connectivity index (χ4n) is 3.64. The molecule has 0 bridgehead atoms. The molecule has 2 aromatic carbocycles. The van der Waals surface area contributed by atoms with Gasteiger partial charge < -0.3 is 23.9 Å². The minimum atomic E-state index is -0.249. The van der Waals surface area contributed by atoms with Crippen molar-refractivity contribution in [3.8, 4) is 28.6 Å². The standard InChI is InChI=1S/C25H24N4O5S/c1-31-18-7-4-6-17(12-18)24-27-28-25(29(24)14-19-8-5-11-32-19)35-16-23(30)26-13-20-15-33-21-9-2-3-10-22(21)34-20/h2-12,20H,13-16H2,1H3,(H,26,30). The van der Waals surface area contributed by atoms with Gasteiger partial charge in [-0.3, -0.25) is 9.36 Å². The number of ether oxygens (including phenoxy) is 3. The van der Waals surface area contributed by atoms with Gasteiger partial charge in [-0.25, -0.2) is 0 Å². The molecule has 35 heavy (non-hydrogen) atoms. The molecular weight excluding hydrogens is 468 g/mol. The van der Waals surface area contributed by atoms with Crippen LogP contribution in [0.4, 0.5) is 0 Å². The molecule has 1 aliphatic rings. The lowest BCUT2D eigenvalue weighted by molar-refractivity contribution is -0.119. The molecule has 0 spiro atoms. The average Bonchev–Trinajstić information content (AvgIpc) is 3.56. The molecule has 1 atom stereocenters. The van der Waals surface area contributed by atoms with Gasteiger partial charge in [0, 0.05) is 5.56 Å². The van der Waals surface area contributed by atoms with Gasteiger partial charge in [0.2, 0.25) is 5.91 Å². The molecule has 1 N–H and O–H groups in total. The number of furan rings is 1. The van der Waals surface area contributed by atoms with Crippen LogP contribution in [0.15, 0.2) is 76.5 Å². The topological polar surface area (TPSA) is 101 Å². The Labute approximate surface area is 206 Å². The summed E-state index contributed by atoms with van der Waals surface area (Å²) in [6.07, 6.45) is 1.38. The summed E-state index contributed by atoms with van der Waals surface area (Å²) in [5.74, 6) is 3.59. The Morgan fingerprint density at radius 1 is 1.14 bits per heavy atom. The minimum Gasteiger partial charge on any atom is -0.497 e. The molecule has 1 amide bonds. The molecule has 1 aliphatic heterocycles. The van der Waals surface area contributed by atoms with Crippen LogP contribution in [0.5, 0.6) is 17.2 Å². The molecule has 9 nitrogen and oxygen atoms in total. The zero-order valence-corrected chi connectivity index (χ0v) is 19.9. The first-order valence-corrected chi connectivity index (χ1v) is 12.1. The van der Waals surface area contributed by atoms with E-state index in [1.54, 1.807) is 13.4 Å². The fraction of sp³-hybridized carbons (Fsp3) is 0.240. The van der Waals surface area contributed by atoms with Gasteiger partial charge in [0.25, 0.3) is 0 Å². The first-order valence-electron chi connectivity index (χ1n) is 11.1. The normalized spacial score (nSPS) is 14.5. The van der Waals surface area contributed by atoms with Crippen molar-refractivity contribution < 1.29 is 23.4 Å². The fourth-order valence-corrected chi connectivity index (χ4v) is 4.41. The Balaban J connectivity index is 1.24. The van der Waals surface area contributed by atoms with Crippen LogP contribution in [0, 0.1) is 0 Å². The SMILES string of the molecule is COc1cccc(-c2nnc(SCC(=O)NCC3COc4ccccc4O3)n2Cc2ccco2)c1. The summed E-state index contributed by atoms with van der Waals surface area (Å²) >= 11 is 1.31. The predicted octanol–water partition coefficient (Wildman–Crippen LogP) is 3.64. The van der Waals surface area contributed by atoms with Crippen molar-refractivity contribution >= 4 is 17.7 Å². The number of nitrogens with one attached hydrogen (secondary N) is 1. The third-order valence-electron chi connectivity index (χ3n) is 5.37. The second-order valence-electron chi connectivity index (χ2n) is 7.79. The Kier molecular flexibility index (Phi) is 6.89. The van der Waals surface area contributed by atoms with Crippen molar-refractivity contribution in [1.29, 1.82) is 0 Å². The van der Waals surface area contributed by atoms with Gasteiger partial charge in [0.05, 0.1) is 32.2 Å². The number of fused-ring (bicyclic) bond motifs is 1. The van der Waals surface area contributed by atoms with Gasteiger partial charge in [-0.15, -0.1) is 10.2 Å². The Bertz CT molecular complexity index is 1290. The zero-order chi connectivity index (χ0) is 24.0. The predicted molar refractivity (Wildman–Crippen MR) is 130 cm³/mol. The van der Waals surface area contributed by atoms with Gasteiger partial charge in [0.1, 0.15) is 24.2 Å². The van der Waals surface area contributed by atoms with Crippen molar-refractivity contribution in [3.63, 3.8) is 0 Å². The highest BCUT2D eigenvalue weighted by atomic mass is 32.2. The molecule has 0 saturated carbocycles. The van der Waals surface area contributed by atoms with E-state index in [4.69, 9.17) is 18.6 Å². The number of hydrogen-bond donors (Lipinski definition) is 1. The molecule has 2 aromatic heterocycles. The number of thioether (sulfide) groups is 1. The highest BCUT2D eigenvalue weighted by Gasteiger charge is 2.22. The molecule has 10 heteroatoms. The second kappa shape index (κ2) is 10.6. The van der Waals surface area contributed by atoms with E-state index in [0.717, 1.165) is 17.1 Å². The summed E-state index contributed by atoms with van der Waals surface area (Å²) in [4.78, 5) is 12.6. The summed E-state index contributed by atoms with van der Waals surface area (Å²) in [6.45, 7) is 1.16. The highest BCUT2D eigenvalue weighted by Crippen LogP contribution is 2.31. The van der Waals surface area contributed by atoms with Crippen LogP contribution in [-0.4, -0.2) is 52.8 Å². The number of benzene rings is 2. The third kappa shape index (κ3) is 5.43. The van der Waals surface area contributed by atoms with E-state index in [0.29, 0.717) is 42.2 Å². The number of amides is 1. The molecule has 1 unspecified atom stereocenters. The molecule has 4 aromatic rings. The summed E-state index contributed by atoms with van der Waals surface area (Å²) in [5.41, 5.74) is 0.856. The zero-order valence-electron chi connectivity index (χ0n) is 19.0. The molecule has 0 aliphatic carbocycles. The van der Waals surface area contributed by atoms with Crippen LogP contribution in [0.25, 0.3) is 11.4 Å². The molecule has 5 rings (SSSR count). The Morgan fingerprint density at radius 3 is 2.86 bits per heavy atom. The number of para-hydroxylation sites is 2. The van der Waals surface area contributed by atoms with E-state index in [-0.39, 0.29) is 17.8 Å². The maximum Gasteiger partial charge on any atom is 0.230 e. The van der Waals surface area contributed by atoms with Crippen molar-refractivity contribution in [1.82, 2.24) is 20.1 Å². The maximum absolute atomic E-state index is 12.6. The van der Waals surface area contributed by atoms with E-state index in [9.17, 15) is 4.79 Å². The monoisotopic (exact) mass is 492 g/mol. The number of nitrogens with zero attached hydrogens (tertiary/aromatic N) is 3. The quantitative estimate of drug-likeness (QED) is 0.354. The van der Waals surface area contributed by atoms with Crippen LogP contribution >= 0.6 is 11.8 Å². The minimum absolute atomic E-state index is 0.132. The van der Waals surface area contributed by atoms with Crippen molar-refractivity contribution in [3.05, 3.63) is 72.7 Å². The van der Waals surface area contributed by atoms with Gasteiger partial charge in [0.15, 0.2) is 22.5 Å². The van der Waals surface area contributed by atoms with Crippen LogP contribution in [0.3, 0.4) is 0 Å². The summed E-state index contributed by atoms with van der Waals surface area (Å²) in [5, 5.41) is 12.3. The van der Waals surface area contributed by atoms with Crippen molar-refractivity contribution in [2.24, 2.45) is 0 Å². The van der Waals surface area contributed by atoms with Crippen LogP contribution in [-0.2, 0) is 11.3 Å². The van der Waals surface area contributed by atoms with Crippen molar-refractivity contribution in [2.45, 2.75) is 17.8 Å². The highest BCUT2D eigenvalue weighted by molar-refractivity contribution is 7.99. The number of carbonyl (C=O) groups excluding carboxylic acids is 1. The number of methoxy groups -OCH3 is 1. The first-order chi connectivity index (χ1) is 17.2. The largest absolute Gasteiger partial charge is 0.497 e. The van der Waals surface area contributed by atoms with Gasteiger partial charge in [-0.05, 0) is 36.4 Å². The van der Waals surface area contributed by atoms with Gasteiger partial charge in [-0.1, -0.05) is 36.0 Å². The van der Waals surface area contributed by atoms with E-state index in [1.165, 1.54) is 11.8 Å². The molecule has 0 saturated heterocycles. The van der Waals surface area contributed by atoms with Crippen LogP contribution in [0.1, 0.15) is 5.76 Å². The van der Waals surface area contributed by atoms with Gasteiger partial charge >= 0.3 is 0 Å². The lowest BCUT2D eigenvalue weighted by atomic mass is 10.2. The number of carbonyl (C=O) groups is 1. The number of hydrogen-bond acceptors (Lipinski definition) is 8. The van der Waals surface area contributed by atoms with E-state index < -0.39 is 0 Å². The smallest absolute Gasteiger partial charge is 0.230 e. The summed E-state index contributed by atoms with van der Waals surface area (Å²) < 4.78 is 24.4. The molecule has 180 valence electrons. The van der Waals surface area contributed by atoms with Crippen LogP contribution < -0.4 is 19.5 Å². The van der Waals surface area contributed by atoms with Gasteiger partial charge in [-0.2, -0.15) is 0 Å². The molecule has 0 radical (unpaired) electrons. The number of rotatable bonds is 9. The molecular formula is C25H24N4O5S. The van der Waals surface area contributed by atoms with Crippen LogP contribution in [0.2, 0.25) is 0 Å². The molecule has 0 fully saturated rings. The second-order valence-corrected chi connectivity index (χ2v) is 8.74. The number of aromatic nitrogens is 3. The third-order valence-corrected chi connectivity index (χ3v) is 6.33. The van der Waals surface area contributed by atoms with Crippen molar-refractivity contribution in [2.75, 3.05) is 26.0 Å². The van der Waals surface area contributed by atoms with E-state index in [2.05, 4.69) is 15.5 Å². The lowest BCUT2D eigenvalue weighted by Crippen LogP contribution is -2.41. The summed E-state index contributed by atoms with van der Waals surface area (Å²) in [6, 6.07) is 18.8. The Morgan fingerprint density at radius 2 is 2.03 bits per heavy atom. The Hall–Kier alpha value is -3.92. The average molecular weight is 493 g/mol.